The molecule has 0 aliphatic heterocycles. The van der Waals surface area contributed by atoms with Gasteiger partial charge < -0.3 is 5.11 Å². The van der Waals surface area contributed by atoms with Gasteiger partial charge in [0, 0.05) is 5.92 Å². The molecule has 0 aliphatic carbocycles. The molecule has 0 saturated carbocycles. The number of hydrogen-bond acceptors (Lipinski definition) is 3. The quantitative estimate of drug-likeness (QED) is 0.828. The van der Waals surface area contributed by atoms with Crippen molar-refractivity contribution in [3.63, 3.8) is 0 Å². The Morgan fingerprint density at radius 3 is 2.22 bits per heavy atom. The predicted octanol–water partition coefficient (Wildman–Crippen LogP) is 1.85. The summed E-state index contributed by atoms with van der Waals surface area (Å²) in [5.41, 5.74) is 0.621. The van der Waals surface area contributed by atoms with E-state index in [0.29, 0.717) is 5.56 Å². The molecule has 1 atom stereocenters. The van der Waals surface area contributed by atoms with Gasteiger partial charge >= 0.3 is 0 Å². The van der Waals surface area contributed by atoms with Crippen LogP contribution in [0.15, 0.2) is 29.2 Å². The maximum atomic E-state index is 11.6. The summed E-state index contributed by atoms with van der Waals surface area (Å²) in [6, 6.07) is 6.65. The largest absolute Gasteiger partial charge is 0.396 e. The van der Waals surface area contributed by atoms with Crippen molar-refractivity contribution in [3.05, 3.63) is 29.8 Å². The van der Waals surface area contributed by atoms with E-state index in [-0.39, 0.29) is 23.3 Å². The zero-order chi connectivity index (χ0) is 13.8. The predicted molar refractivity (Wildman–Crippen MR) is 71.7 cm³/mol. The molecule has 0 radical (unpaired) electrons. The minimum atomic E-state index is -3.75. The summed E-state index contributed by atoms with van der Waals surface area (Å²) in [5, 5.41) is 14.8. The Labute approximate surface area is 109 Å². The first kappa shape index (κ1) is 15.1. The van der Waals surface area contributed by atoms with Gasteiger partial charge in [-0.15, -0.1) is 0 Å². The normalized spacial score (nSPS) is 13.8. The Kier molecular flexibility index (Phi) is 5.31. The molecule has 3 N–H and O–H groups in total. The molecule has 0 bridgehead atoms. The second-order valence-corrected chi connectivity index (χ2v) is 5.98. The van der Waals surface area contributed by atoms with Crippen molar-refractivity contribution in [1.29, 1.82) is 0 Å². The lowest BCUT2D eigenvalue weighted by atomic mass is 9.83. The molecule has 18 heavy (non-hydrogen) atoms. The van der Waals surface area contributed by atoms with Gasteiger partial charge in [-0.3, -0.25) is 0 Å². The molecular weight excluding hydrogens is 250 g/mol. The van der Waals surface area contributed by atoms with Crippen LogP contribution in [0.2, 0.25) is 0 Å². The SMILES string of the molecule is CCC(CC)[C@H](CO)c1ccccc1S(N)(=O)=O. The Hall–Kier alpha value is -0.910. The number of rotatable bonds is 6. The van der Waals surface area contributed by atoms with Gasteiger partial charge in [-0.25, -0.2) is 13.6 Å². The topological polar surface area (TPSA) is 80.4 Å². The highest BCUT2D eigenvalue weighted by Crippen LogP contribution is 2.32. The second-order valence-electron chi connectivity index (χ2n) is 4.45. The summed E-state index contributed by atoms with van der Waals surface area (Å²) in [6.07, 6.45) is 1.78. The standard InChI is InChI=1S/C13H21NO3S/c1-3-10(4-2)12(9-15)11-7-5-6-8-13(11)18(14,16)17/h5-8,10,12,15H,3-4,9H2,1-2H3,(H2,14,16,17)/t12-/m0/s1. The minimum Gasteiger partial charge on any atom is -0.396 e. The van der Waals surface area contributed by atoms with Gasteiger partial charge in [-0.05, 0) is 17.5 Å². The van der Waals surface area contributed by atoms with Crippen LogP contribution in [0.5, 0.6) is 0 Å². The number of aliphatic hydroxyl groups is 1. The molecule has 1 rings (SSSR count). The third-order valence-corrected chi connectivity index (χ3v) is 4.42. The highest BCUT2D eigenvalue weighted by Gasteiger charge is 2.25. The zero-order valence-corrected chi connectivity index (χ0v) is 11.7. The van der Waals surface area contributed by atoms with Crippen LogP contribution in [0, 0.1) is 5.92 Å². The summed E-state index contributed by atoms with van der Waals surface area (Å²) >= 11 is 0. The van der Waals surface area contributed by atoms with Crippen molar-refractivity contribution in [2.75, 3.05) is 6.61 Å². The number of nitrogens with two attached hydrogens (primary N) is 1. The molecule has 0 heterocycles. The molecule has 102 valence electrons. The van der Waals surface area contributed by atoms with Gasteiger partial charge in [-0.1, -0.05) is 44.9 Å². The average molecular weight is 271 g/mol. The van der Waals surface area contributed by atoms with Crippen LogP contribution in [-0.2, 0) is 10.0 Å². The summed E-state index contributed by atoms with van der Waals surface area (Å²) in [7, 11) is -3.75. The van der Waals surface area contributed by atoms with Gasteiger partial charge in [-0.2, -0.15) is 0 Å². The van der Waals surface area contributed by atoms with Crippen LogP contribution < -0.4 is 5.14 Å². The molecule has 0 aliphatic rings. The van der Waals surface area contributed by atoms with Crippen LogP contribution in [0.1, 0.15) is 38.2 Å². The van der Waals surface area contributed by atoms with Crippen LogP contribution in [-0.4, -0.2) is 20.1 Å². The van der Waals surface area contributed by atoms with Crippen molar-refractivity contribution in [2.45, 2.75) is 37.5 Å². The van der Waals surface area contributed by atoms with E-state index >= 15 is 0 Å². The lowest BCUT2D eigenvalue weighted by molar-refractivity contribution is 0.216. The molecule has 4 nitrogen and oxygen atoms in total. The summed E-state index contributed by atoms with van der Waals surface area (Å²) in [6.45, 7) is 4.01. The van der Waals surface area contributed by atoms with E-state index in [1.165, 1.54) is 6.07 Å². The monoisotopic (exact) mass is 271 g/mol. The molecule has 0 spiro atoms. The maximum absolute atomic E-state index is 11.6. The fourth-order valence-corrected chi connectivity index (χ4v) is 3.22. The maximum Gasteiger partial charge on any atom is 0.238 e. The van der Waals surface area contributed by atoms with Crippen molar-refractivity contribution in [3.8, 4) is 0 Å². The molecule has 0 saturated heterocycles. The van der Waals surface area contributed by atoms with Crippen molar-refractivity contribution in [2.24, 2.45) is 11.1 Å². The first-order chi connectivity index (χ1) is 8.45. The van der Waals surface area contributed by atoms with Gasteiger partial charge in [0.2, 0.25) is 10.0 Å². The Morgan fingerprint density at radius 1 is 1.22 bits per heavy atom. The van der Waals surface area contributed by atoms with E-state index in [9.17, 15) is 13.5 Å². The lowest BCUT2D eigenvalue weighted by Gasteiger charge is -2.25. The minimum absolute atomic E-state index is 0.0706. The molecule has 1 aromatic carbocycles. The van der Waals surface area contributed by atoms with E-state index in [1.54, 1.807) is 18.2 Å². The molecular formula is C13H21NO3S. The van der Waals surface area contributed by atoms with E-state index in [2.05, 4.69) is 0 Å². The van der Waals surface area contributed by atoms with Crippen LogP contribution in [0.4, 0.5) is 0 Å². The molecule has 0 aromatic heterocycles. The van der Waals surface area contributed by atoms with Crippen LogP contribution in [0.25, 0.3) is 0 Å². The second kappa shape index (κ2) is 6.31. The van der Waals surface area contributed by atoms with Crippen molar-refractivity contribution in [1.82, 2.24) is 0 Å². The van der Waals surface area contributed by atoms with Crippen LogP contribution >= 0.6 is 0 Å². The number of hydrogen-bond donors (Lipinski definition) is 2. The first-order valence-electron chi connectivity index (χ1n) is 6.18. The Balaban J connectivity index is 3.30. The van der Waals surface area contributed by atoms with Gasteiger partial charge in [0.05, 0.1) is 11.5 Å². The van der Waals surface area contributed by atoms with Gasteiger partial charge in [0.15, 0.2) is 0 Å². The molecule has 5 heteroatoms. The number of aliphatic hydroxyl groups excluding tert-OH is 1. The Bertz CT molecular complexity index is 481. The number of benzene rings is 1. The van der Waals surface area contributed by atoms with Gasteiger partial charge in [0.25, 0.3) is 0 Å². The number of sulfonamides is 1. The summed E-state index contributed by atoms with van der Waals surface area (Å²) in [5.74, 6) is 0.0624. The average Bonchev–Trinajstić information content (AvgIpc) is 2.34. The van der Waals surface area contributed by atoms with E-state index in [1.807, 2.05) is 13.8 Å². The number of primary sulfonamides is 1. The fourth-order valence-electron chi connectivity index (χ4n) is 2.41. The van der Waals surface area contributed by atoms with Crippen molar-refractivity contribution < 1.29 is 13.5 Å². The smallest absolute Gasteiger partial charge is 0.238 e. The van der Waals surface area contributed by atoms with Gasteiger partial charge in [0.1, 0.15) is 0 Å². The third kappa shape index (κ3) is 3.31. The van der Waals surface area contributed by atoms with E-state index < -0.39 is 10.0 Å². The molecule has 1 aromatic rings. The lowest BCUT2D eigenvalue weighted by Crippen LogP contribution is -2.21. The van der Waals surface area contributed by atoms with E-state index in [4.69, 9.17) is 5.14 Å². The molecule has 0 amide bonds. The third-order valence-electron chi connectivity index (χ3n) is 3.44. The Morgan fingerprint density at radius 2 is 1.78 bits per heavy atom. The fraction of sp³-hybridized carbons (Fsp3) is 0.538. The highest BCUT2D eigenvalue weighted by atomic mass is 32.2. The molecule has 0 unspecified atom stereocenters. The first-order valence-corrected chi connectivity index (χ1v) is 7.72. The molecule has 0 fully saturated rings. The van der Waals surface area contributed by atoms with Crippen LogP contribution in [0.3, 0.4) is 0 Å². The van der Waals surface area contributed by atoms with E-state index in [0.717, 1.165) is 12.8 Å². The van der Waals surface area contributed by atoms with Crippen molar-refractivity contribution >= 4 is 10.0 Å². The zero-order valence-electron chi connectivity index (χ0n) is 10.8. The summed E-state index contributed by atoms with van der Waals surface area (Å²) < 4.78 is 23.1. The summed E-state index contributed by atoms with van der Waals surface area (Å²) in [4.78, 5) is 0.121. The highest BCUT2D eigenvalue weighted by molar-refractivity contribution is 7.89.